The van der Waals surface area contributed by atoms with E-state index in [9.17, 15) is 0 Å². The first-order chi connectivity index (χ1) is 6.86. The molecule has 0 aliphatic carbocycles. The van der Waals surface area contributed by atoms with Crippen molar-refractivity contribution < 1.29 is 0 Å². The van der Waals surface area contributed by atoms with E-state index >= 15 is 0 Å². The lowest BCUT2D eigenvalue weighted by molar-refractivity contribution is 0.601. The number of nitrogens with one attached hydrogen (secondary N) is 1. The van der Waals surface area contributed by atoms with E-state index in [4.69, 9.17) is 0 Å². The Kier molecular flexibility index (Phi) is 4.81. The fourth-order valence-electron chi connectivity index (χ4n) is 1.21. The summed E-state index contributed by atoms with van der Waals surface area (Å²) in [6, 6.07) is 0. The van der Waals surface area contributed by atoms with Gasteiger partial charge >= 0.3 is 0 Å². The third kappa shape index (κ3) is 3.63. The molecular formula is C11H17N3. The lowest BCUT2D eigenvalue weighted by Gasteiger charge is -1.97. The van der Waals surface area contributed by atoms with Gasteiger partial charge in [0.25, 0.3) is 0 Å². The normalized spacial score (nSPS) is 9.57. The van der Waals surface area contributed by atoms with Crippen LogP contribution in [0.4, 0.5) is 0 Å². The minimum Gasteiger partial charge on any atom is -0.302 e. The van der Waals surface area contributed by atoms with Crippen molar-refractivity contribution in [2.24, 2.45) is 0 Å². The maximum atomic E-state index is 4.25. The van der Waals surface area contributed by atoms with E-state index < -0.39 is 0 Å². The number of aromatic nitrogens is 2. The number of aryl methyl sites for hydroxylation is 1. The zero-order valence-electron chi connectivity index (χ0n) is 8.88. The van der Waals surface area contributed by atoms with Crippen molar-refractivity contribution in [2.45, 2.75) is 33.4 Å². The number of hydrogen-bond acceptors (Lipinski definition) is 2. The van der Waals surface area contributed by atoms with E-state index in [2.05, 4.69) is 35.4 Å². The molecule has 0 fully saturated rings. The monoisotopic (exact) mass is 191 g/mol. The molecule has 14 heavy (non-hydrogen) atoms. The van der Waals surface area contributed by atoms with E-state index in [0.29, 0.717) is 0 Å². The Labute approximate surface area is 85.5 Å². The van der Waals surface area contributed by atoms with E-state index in [1.165, 1.54) is 5.56 Å². The SMILES string of the molecule is CC#CCNCc1cnn(CCC)c1. The van der Waals surface area contributed by atoms with E-state index in [0.717, 1.165) is 26.1 Å². The van der Waals surface area contributed by atoms with Crippen molar-refractivity contribution in [1.82, 2.24) is 15.1 Å². The van der Waals surface area contributed by atoms with Crippen LogP contribution in [0.15, 0.2) is 12.4 Å². The maximum Gasteiger partial charge on any atom is 0.0579 e. The Balaban J connectivity index is 2.31. The molecule has 1 aromatic rings. The molecular weight excluding hydrogens is 174 g/mol. The molecule has 0 amide bonds. The second-order valence-corrected chi connectivity index (χ2v) is 3.14. The van der Waals surface area contributed by atoms with Crippen molar-refractivity contribution in [1.29, 1.82) is 0 Å². The molecule has 1 aromatic heterocycles. The van der Waals surface area contributed by atoms with Crippen molar-refractivity contribution in [3.8, 4) is 11.8 Å². The highest BCUT2D eigenvalue weighted by atomic mass is 15.3. The third-order valence-electron chi connectivity index (χ3n) is 1.86. The second-order valence-electron chi connectivity index (χ2n) is 3.14. The van der Waals surface area contributed by atoms with Crippen LogP contribution in [0.3, 0.4) is 0 Å². The number of nitrogens with zero attached hydrogens (tertiary/aromatic N) is 2. The Morgan fingerprint density at radius 3 is 3.14 bits per heavy atom. The molecule has 0 bridgehead atoms. The van der Waals surface area contributed by atoms with Crippen LogP contribution in [0.2, 0.25) is 0 Å². The largest absolute Gasteiger partial charge is 0.302 e. The van der Waals surface area contributed by atoms with Crippen molar-refractivity contribution >= 4 is 0 Å². The summed E-state index contributed by atoms with van der Waals surface area (Å²) in [4.78, 5) is 0. The van der Waals surface area contributed by atoms with Crippen LogP contribution in [0, 0.1) is 11.8 Å². The first kappa shape index (κ1) is 10.8. The minimum absolute atomic E-state index is 0.745. The molecule has 0 radical (unpaired) electrons. The summed E-state index contributed by atoms with van der Waals surface area (Å²) in [5, 5.41) is 7.48. The molecule has 1 heterocycles. The lowest BCUT2D eigenvalue weighted by Crippen LogP contribution is -2.12. The van der Waals surface area contributed by atoms with Gasteiger partial charge in [0.1, 0.15) is 0 Å². The molecule has 0 spiro atoms. The fraction of sp³-hybridized carbons (Fsp3) is 0.545. The molecule has 3 heteroatoms. The van der Waals surface area contributed by atoms with Gasteiger partial charge in [0, 0.05) is 24.8 Å². The zero-order chi connectivity index (χ0) is 10.2. The molecule has 0 saturated heterocycles. The van der Waals surface area contributed by atoms with Crippen LogP contribution >= 0.6 is 0 Å². The molecule has 0 atom stereocenters. The molecule has 0 aromatic carbocycles. The Hall–Kier alpha value is -1.27. The van der Waals surface area contributed by atoms with Crippen LogP contribution in [0.1, 0.15) is 25.8 Å². The smallest absolute Gasteiger partial charge is 0.0579 e. The van der Waals surface area contributed by atoms with E-state index in [1.807, 2.05) is 17.8 Å². The highest BCUT2D eigenvalue weighted by molar-refractivity contribution is 5.04. The quantitative estimate of drug-likeness (QED) is 0.563. The van der Waals surface area contributed by atoms with Crippen LogP contribution < -0.4 is 5.32 Å². The average molecular weight is 191 g/mol. The van der Waals surface area contributed by atoms with Gasteiger partial charge in [0.2, 0.25) is 0 Å². The first-order valence-corrected chi connectivity index (χ1v) is 4.98. The summed E-state index contributed by atoms with van der Waals surface area (Å²) >= 11 is 0. The zero-order valence-corrected chi connectivity index (χ0v) is 8.88. The summed E-state index contributed by atoms with van der Waals surface area (Å²) < 4.78 is 1.97. The fourth-order valence-corrected chi connectivity index (χ4v) is 1.21. The van der Waals surface area contributed by atoms with Gasteiger partial charge in [0.05, 0.1) is 12.7 Å². The summed E-state index contributed by atoms with van der Waals surface area (Å²) in [5.74, 6) is 5.81. The first-order valence-electron chi connectivity index (χ1n) is 4.98. The standard InChI is InChI=1S/C11H17N3/c1-3-5-6-12-8-11-9-13-14(10-11)7-4-2/h9-10,12H,4,6-8H2,1-2H3. The van der Waals surface area contributed by atoms with Gasteiger partial charge < -0.3 is 5.32 Å². The van der Waals surface area contributed by atoms with Gasteiger partial charge in [-0.05, 0) is 13.3 Å². The predicted molar refractivity (Wildman–Crippen MR) is 57.7 cm³/mol. The van der Waals surface area contributed by atoms with Crippen LogP contribution in [-0.4, -0.2) is 16.3 Å². The Bertz CT molecular complexity index is 317. The average Bonchev–Trinajstić information content (AvgIpc) is 2.61. The van der Waals surface area contributed by atoms with E-state index in [1.54, 1.807) is 0 Å². The molecule has 0 unspecified atom stereocenters. The Morgan fingerprint density at radius 2 is 2.43 bits per heavy atom. The molecule has 3 nitrogen and oxygen atoms in total. The van der Waals surface area contributed by atoms with Crippen LogP contribution in [0.5, 0.6) is 0 Å². The van der Waals surface area contributed by atoms with E-state index in [-0.39, 0.29) is 0 Å². The second kappa shape index (κ2) is 6.22. The highest BCUT2D eigenvalue weighted by Gasteiger charge is 1.95. The maximum absolute atomic E-state index is 4.25. The summed E-state index contributed by atoms with van der Waals surface area (Å²) in [5.41, 5.74) is 1.22. The molecule has 1 rings (SSSR count). The van der Waals surface area contributed by atoms with Gasteiger partial charge in [-0.25, -0.2) is 0 Å². The van der Waals surface area contributed by atoms with Gasteiger partial charge in [-0.15, -0.1) is 5.92 Å². The van der Waals surface area contributed by atoms with Crippen molar-refractivity contribution in [2.75, 3.05) is 6.54 Å². The molecule has 0 saturated carbocycles. The summed E-state index contributed by atoms with van der Waals surface area (Å²) in [6.07, 6.45) is 5.10. The Morgan fingerprint density at radius 1 is 1.57 bits per heavy atom. The van der Waals surface area contributed by atoms with Crippen LogP contribution in [-0.2, 0) is 13.1 Å². The van der Waals surface area contributed by atoms with Gasteiger partial charge in [-0.3, -0.25) is 4.68 Å². The van der Waals surface area contributed by atoms with Gasteiger partial charge in [-0.1, -0.05) is 12.8 Å². The van der Waals surface area contributed by atoms with Gasteiger partial charge in [0.15, 0.2) is 0 Å². The summed E-state index contributed by atoms with van der Waals surface area (Å²) in [6.45, 7) is 6.58. The number of hydrogen-bond donors (Lipinski definition) is 1. The summed E-state index contributed by atoms with van der Waals surface area (Å²) in [7, 11) is 0. The molecule has 76 valence electrons. The predicted octanol–water partition coefficient (Wildman–Crippen LogP) is 1.41. The highest BCUT2D eigenvalue weighted by Crippen LogP contribution is 1.97. The van der Waals surface area contributed by atoms with Crippen LogP contribution in [0.25, 0.3) is 0 Å². The minimum atomic E-state index is 0.745. The topological polar surface area (TPSA) is 29.9 Å². The number of rotatable bonds is 5. The van der Waals surface area contributed by atoms with Crippen molar-refractivity contribution in [3.63, 3.8) is 0 Å². The third-order valence-corrected chi connectivity index (χ3v) is 1.86. The molecule has 1 N–H and O–H groups in total. The van der Waals surface area contributed by atoms with Crippen molar-refractivity contribution in [3.05, 3.63) is 18.0 Å². The molecule has 0 aliphatic rings. The van der Waals surface area contributed by atoms with Gasteiger partial charge in [-0.2, -0.15) is 5.10 Å². The lowest BCUT2D eigenvalue weighted by atomic mass is 10.3. The molecule has 0 aliphatic heterocycles.